The Morgan fingerprint density at radius 1 is 1.16 bits per heavy atom. The van der Waals surface area contributed by atoms with Crippen molar-refractivity contribution >= 4 is 16.7 Å². The molecule has 0 unspecified atom stereocenters. The van der Waals surface area contributed by atoms with E-state index in [-0.39, 0.29) is 5.91 Å². The second-order valence-electron chi connectivity index (χ2n) is 4.80. The van der Waals surface area contributed by atoms with Crippen LogP contribution in [-0.4, -0.2) is 23.9 Å². The number of benzene rings is 2. The van der Waals surface area contributed by atoms with Crippen molar-refractivity contribution in [1.82, 2.24) is 4.90 Å². The van der Waals surface area contributed by atoms with Crippen molar-refractivity contribution in [2.45, 2.75) is 13.8 Å². The number of hydrogen-bond donors (Lipinski definition) is 0. The van der Waals surface area contributed by atoms with Crippen LogP contribution >= 0.6 is 0 Å². The van der Waals surface area contributed by atoms with Gasteiger partial charge in [-0.2, -0.15) is 0 Å². The maximum atomic E-state index is 12.6. The zero-order chi connectivity index (χ0) is 13.8. The van der Waals surface area contributed by atoms with Crippen molar-refractivity contribution in [3.63, 3.8) is 0 Å². The summed E-state index contributed by atoms with van der Waals surface area (Å²) in [6.07, 6.45) is 0. The highest BCUT2D eigenvalue weighted by Crippen LogP contribution is 2.20. The lowest BCUT2D eigenvalue weighted by Gasteiger charge is -2.21. The van der Waals surface area contributed by atoms with Crippen LogP contribution in [0.1, 0.15) is 24.2 Å². The number of nitrogens with zero attached hydrogens (tertiary/aromatic N) is 1. The van der Waals surface area contributed by atoms with Gasteiger partial charge in [-0.25, -0.2) is 0 Å². The molecule has 1 amide bonds. The van der Waals surface area contributed by atoms with Crippen molar-refractivity contribution in [2.75, 3.05) is 13.1 Å². The molecular formula is C17H19NO. The zero-order valence-corrected chi connectivity index (χ0v) is 11.5. The molecule has 0 aliphatic heterocycles. The van der Waals surface area contributed by atoms with Gasteiger partial charge in [0.15, 0.2) is 0 Å². The fourth-order valence-corrected chi connectivity index (χ4v) is 2.24. The fraction of sp³-hybridized carbons (Fsp3) is 0.235. The first kappa shape index (κ1) is 13.3. The minimum Gasteiger partial charge on any atom is -0.335 e. The summed E-state index contributed by atoms with van der Waals surface area (Å²) in [6, 6.07) is 13.8. The van der Waals surface area contributed by atoms with E-state index < -0.39 is 0 Å². The molecule has 98 valence electrons. The molecule has 0 fully saturated rings. The van der Waals surface area contributed by atoms with Crippen molar-refractivity contribution in [1.29, 1.82) is 0 Å². The Hall–Kier alpha value is -2.09. The second-order valence-corrected chi connectivity index (χ2v) is 4.80. The predicted octanol–water partition coefficient (Wildman–Crippen LogP) is 3.88. The molecule has 2 aromatic carbocycles. The molecule has 0 saturated heterocycles. The molecule has 0 heterocycles. The summed E-state index contributed by atoms with van der Waals surface area (Å²) in [4.78, 5) is 14.4. The molecule has 19 heavy (non-hydrogen) atoms. The molecule has 0 N–H and O–H groups in total. The SMILES string of the molecule is C=C(C)CN(CC)C(=O)c1cccc2ccccc12. The van der Waals surface area contributed by atoms with Gasteiger partial charge in [0.2, 0.25) is 0 Å². The number of fused-ring (bicyclic) bond motifs is 1. The second kappa shape index (κ2) is 5.70. The highest BCUT2D eigenvalue weighted by atomic mass is 16.2. The number of carbonyl (C=O) groups is 1. The largest absolute Gasteiger partial charge is 0.335 e. The minimum atomic E-state index is 0.0716. The molecule has 2 nitrogen and oxygen atoms in total. The molecule has 2 aromatic rings. The summed E-state index contributed by atoms with van der Waals surface area (Å²) in [5.74, 6) is 0.0716. The van der Waals surface area contributed by atoms with Crippen molar-refractivity contribution < 1.29 is 4.79 Å². The van der Waals surface area contributed by atoms with Crippen LogP contribution in [0.5, 0.6) is 0 Å². The summed E-state index contributed by atoms with van der Waals surface area (Å²) in [7, 11) is 0. The summed E-state index contributed by atoms with van der Waals surface area (Å²) < 4.78 is 0. The van der Waals surface area contributed by atoms with Gasteiger partial charge in [0.25, 0.3) is 5.91 Å². The lowest BCUT2D eigenvalue weighted by atomic mass is 10.0. The number of hydrogen-bond acceptors (Lipinski definition) is 1. The van der Waals surface area contributed by atoms with Crippen LogP contribution in [0.3, 0.4) is 0 Å². The first-order chi connectivity index (χ1) is 9.13. The van der Waals surface area contributed by atoms with Gasteiger partial charge in [-0.15, -0.1) is 0 Å². The number of amides is 1. The van der Waals surface area contributed by atoms with Gasteiger partial charge in [0.05, 0.1) is 0 Å². The standard InChI is InChI=1S/C17H19NO/c1-4-18(12-13(2)3)17(19)16-11-7-9-14-8-5-6-10-15(14)16/h5-11H,2,4,12H2,1,3H3. The van der Waals surface area contributed by atoms with E-state index >= 15 is 0 Å². The average Bonchev–Trinajstić information content (AvgIpc) is 2.43. The first-order valence-electron chi connectivity index (χ1n) is 6.55. The van der Waals surface area contributed by atoms with Crippen LogP contribution in [-0.2, 0) is 0 Å². The van der Waals surface area contributed by atoms with E-state index in [2.05, 4.69) is 6.58 Å². The van der Waals surface area contributed by atoms with Crippen molar-refractivity contribution in [3.05, 3.63) is 60.2 Å². The van der Waals surface area contributed by atoms with Gasteiger partial charge in [-0.1, -0.05) is 48.6 Å². The predicted molar refractivity (Wildman–Crippen MR) is 80.3 cm³/mol. The topological polar surface area (TPSA) is 20.3 Å². The average molecular weight is 253 g/mol. The third-order valence-corrected chi connectivity index (χ3v) is 3.15. The van der Waals surface area contributed by atoms with Crippen LogP contribution in [0.4, 0.5) is 0 Å². The van der Waals surface area contributed by atoms with Crippen LogP contribution in [0.25, 0.3) is 10.8 Å². The monoisotopic (exact) mass is 253 g/mol. The number of carbonyl (C=O) groups excluding carboxylic acids is 1. The van der Waals surface area contributed by atoms with Gasteiger partial charge in [-0.3, -0.25) is 4.79 Å². The lowest BCUT2D eigenvalue weighted by Crippen LogP contribution is -2.32. The maximum Gasteiger partial charge on any atom is 0.254 e. The van der Waals surface area contributed by atoms with Crippen LogP contribution in [0.2, 0.25) is 0 Å². The Morgan fingerprint density at radius 3 is 2.53 bits per heavy atom. The molecule has 0 atom stereocenters. The highest BCUT2D eigenvalue weighted by molar-refractivity contribution is 6.07. The van der Waals surface area contributed by atoms with E-state index in [0.29, 0.717) is 13.1 Å². The van der Waals surface area contributed by atoms with Gasteiger partial charge in [-0.05, 0) is 30.7 Å². The Balaban J connectivity index is 2.43. The smallest absolute Gasteiger partial charge is 0.254 e. The van der Waals surface area contributed by atoms with E-state index in [4.69, 9.17) is 0 Å². The molecule has 0 aromatic heterocycles. The maximum absolute atomic E-state index is 12.6. The third kappa shape index (κ3) is 2.84. The molecule has 0 aliphatic carbocycles. The number of rotatable bonds is 4. The van der Waals surface area contributed by atoms with Crippen molar-refractivity contribution in [2.24, 2.45) is 0 Å². The minimum absolute atomic E-state index is 0.0716. The van der Waals surface area contributed by atoms with Gasteiger partial charge in [0, 0.05) is 18.7 Å². The normalized spacial score (nSPS) is 10.4. The summed E-state index contributed by atoms with van der Waals surface area (Å²) in [5.41, 5.74) is 1.76. The molecule has 0 saturated carbocycles. The van der Waals surface area contributed by atoms with Crippen LogP contribution in [0.15, 0.2) is 54.6 Å². The zero-order valence-electron chi connectivity index (χ0n) is 11.5. The Bertz CT molecular complexity index is 610. The first-order valence-corrected chi connectivity index (χ1v) is 6.55. The van der Waals surface area contributed by atoms with E-state index in [0.717, 1.165) is 21.9 Å². The quantitative estimate of drug-likeness (QED) is 0.757. The molecule has 2 rings (SSSR count). The van der Waals surface area contributed by atoms with Gasteiger partial charge in [0.1, 0.15) is 0 Å². The summed E-state index contributed by atoms with van der Waals surface area (Å²) in [5, 5.41) is 2.11. The molecule has 2 heteroatoms. The van der Waals surface area contributed by atoms with Crippen LogP contribution in [0, 0.1) is 0 Å². The van der Waals surface area contributed by atoms with Crippen LogP contribution < -0.4 is 0 Å². The molecule has 0 radical (unpaired) electrons. The Labute approximate surface area is 114 Å². The van der Waals surface area contributed by atoms with Crippen molar-refractivity contribution in [3.8, 4) is 0 Å². The Kier molecular flexibility index (Phi) is 4.00. The molecular weight excluding hydrogens is 234 g/mol. The molecule has 0 spiro atoms. The Morgan fingerprint density at radius 2 is 1.84 bits per heavy atom. The van der Waals surface area contributed by atoms with Gasteiger partial charge >= 0.3 is 0 Å². The van der Waals surface area contributed by atoms with Gasteiger partial charge < -0.3 is 4.90 Å². The third-order valence-electron chi connectivity index (χ3n) is 3.15. The number of likely N-dealkylation sites (N-methyl/N-ethyl adjacent to an activating group) is 1. The highest BCUT2D eigenvalue weighted by Gasteiger charge is 2.16. The summed E-state index contributed by atoms with van der Waals surface area (Å²) in [6.45, 7) is 9.12. The van der Waals surface area contributed by atoms with E-state index in [1.54, 1.807) is 0 Å². The van der Waals surface area contributed by atoms with E-state index in [1.165, 1.54) is 0 Å². The van der Waals surface area contributed by atoms with E-state index in [9.17, 15) is 4.79 Å². The molecule has 0 bridgehead atoms. The fourth-order valence-electron chi connectivity index (χ4n) is 2.24. The van der Waals surface area contributed by atoms with E-state index in [1.807, 2.05) is 61.2 Å². The molecule has 0 aliphatic rings. The summed E-state index contributed by atoms with van der Waals surface area (Å²) >= 11 is 0. The lowest BCUT2D eigenvalue weighted by molar-refractivity contribution is 0.0780.